The van der Waals surface area contributed by atoms with Crippen LogP contribution in [-0.4, -0.2) is 25.4 Å². The Morgan fingerprint density at radius 2 is 2.47 bits per heavy atom. The van der Waals surface area contributed by atoms with Crippen LogP contribution in [0.4, 0.5) is 5.95 Å². The monoisotopic (exact) mass is 230 g/mol. The Labute approximate surface area is 93.3 Å². The molecule has 0 fully saturated rings. The molecular formula is C8H14N4O2S. The summed E-state index contributed by atoms with van der Waals surface area (Å²) in [5, 5.41) is 14.1. The van der Waals surface area contributed by atoms with Crippen molar-refractivity contribution >= 4 is 18.6 Å². The zero-order chi connectivity index (χ0) is 11.3. The normalized spacial score (nSPS) is 12.7. The molecule has 1 rings (SSSR count). The third-order valence-corrected chi connectivity index (χ3v) is 2.60. The summed E-state index contributed by atoms with van der Waals surface area (Å²) in [4.78, 5) is 13.3. The van der Waals surface area contributed by atoms with Crippen LogP contribution in [0, 0.1) is 16.0 Å². The lowest BCUT2D eigenvalue weighted by Gasteiger charge is -2.10. The van der Waals surface area contributed by atoms with E-state index in [4.69, 9.17) is 0 Å². The fourth-order valence-corrected chi connectivity index (χ4v) is 1.67. The van der Waals surface area contributed by atoms with Gasteiger partial charge in [-0.05, 0) is 23.0 Å². The summed E-state index contributed by atoms with van der Waals surface area (Å²) in [6, 6.07) is 0. The molecule has 84 valence electrons. The van der Waals surface area contributed by atoms with Crippen molar-refractivity contribution in [2.24, 2.45) is 5.92 Å². The van der Waals surface area contributed by atoms with E-state index in [2.05, 4.69) is 29.6 Å². The Morgan fingerprint density at radius 1 is 1.73 bits per heavy atom. The van der Waals surface area contributed by atoms with Crippen LogP contribution in [-0.2, 0) is 6.54 Å². The van der Waals surface area contributed by atoms with E-state index in [1.807, 2.05) is 0 Å². The van der Waals surface area contributed by atoms with Crippen LogP contribution in [0.1, 0.15) is 19.8 Å². The molecule has 15 heavy (non-hydrogen) atoms. The summed E-state index contributed by atoms with van der Waals surface area (Å²) in [7, 11) is 0. The minimum Gasteiger partial charge on any atom is -0.390 e. The van der Waals surface area contributed by atoms with Crippen molar-refractivity contribution in [3.05, 3.63) is 16.4 Å². The topological polar surface area (TPSA) is 73.8 Å². The molecule has 1 atom stereocenters. The van der Waals surface area contributed by atoms with Gasteiger partial charge in [-0.3, -0.25) is 0 Å². The van der Waals surface area contributed by atoms with E-state index >= 15 is 0 Å². The SMILES string of the molecule is CCCC(CS)Cn1cnc([N+](=O)[O-])n1. The second-order valence-electron chi connectivity index (χ2n) is 3.36. The molecule has 0 aliphatic rings. The van der Waals surface area contributed by atoms with Crippen LogP contribution < -0.4 is 0 Å². The van der Waals surface area contributed by atoms with E-state index in [0.29, 0.717) is 12.5 Å². The molecule has 0 radical (unpaired) electrons. The smallest absolute Gasteiger partial charge is 0.390 e. The van der Waals surface area contributed by atoms with Crippen LogP contribution in [0.25, 0.3) is 0 Å². The number of nitro groups is 1. The standard InChI is InChI=1S/C8H14N4O2S/c1-2-3-7(5-15)4-11-6-9-8(10-11)12(13)14/h6-7,15H,2-5H2,1H3. The molecule has 0 aliphatic heterocycles. The van der Waals surface area contributed by atoms with Crippen molar-refractivity contribution in [2.45, 2.75) is 26.3 Å². The molecule has 0 spiro atoms. The average molecular weight is 230 g/mol. The molecule has 0 saturated carbocycles. The highest BCUT2D eigenvalue weighted by Gasteiger charge is 2.15. The van der Waals surface area contributed by atoms with Crippen molar-refractivity contribution < 1.29 is 4.92 Å². The summed E-state index contributed by atoms with van der Waals surface area (Å²) >= 11 is 4.23. The summed E-state index contributed by atoms with van der Waals surface area (Å²) in [5.74, 6) is 0.797. The van der Waals surface area contributed by atoms with Crippen LogP contribution in [0.2, 0.25) is 0 Å². The third kappa shape index (κ3) is 3.50. The fourth-order valence-electron chi connectivity index (χ4n) is 1.37. The Kier molecular flexibility index (Phi) is 4.54. The van der Waals surface area contributed by atoms with Gasteiger partial charge in [0.15, 0.2) is 0 Å². The summed E-state index contributed by atoms with van der Waals surface area (Å²) in [6.07, 6.45) is 3.50. The molecule has 0 bridgehead atoms. The second-order valence-corrected chi connectivity index (χ2v) is 3.73. The predicted octanol–water partition coefficient (Wildman–Crippen LogP) is 1.53. The molecule has 1 unspecified atom stereocenters. The first kappa shape index (κ1) is 12.0. The van der Waals surface area contributed by atoms with Gasteiger partial charge in [-0.25, -0.2) is 0 Å². The molecule has 0 aliphatic carbocycles. The second kappa shape index (κ2) is 5.69. The van der Waals surface area contributed by atoms with Crippen molar-refractivity contribution in [1.29, 1.82) is 0 Å². The number of hydrogen-bond acceptors (Lipinski definition) is 5. The van der Waals surface area contributed by atoms with Crippen LogP contribution in [0.3, 0.4) is 0 Å². The lowest BCUT2D eigenvalue weighted by atomic mass is 10.1. The Bertz CT molecular complexity index is 328. The number of nitrogens with zero attached hydrogens (tertiary/aromatic N) is 4. The van der Waals surface area contributed by atoms with Gasteiger partial charge in [-0.1, -0.05) is 18.3 Å². The first-order valence-corrected chi connectivity index (χ1v) is 5.45. The molecule has 7 heteroatoms. The van der Waals surface area contributed by atoms with Gasteiger partial charge in [-0.2, -0.15) is 17.3 Å². The first-order chi connectivity index (χ1) is 7.17. The summed E-state index contributed by atoms with van der Waals surface area (Å²) in [5.41, 5.74) is 0. The number of aromatic nitrogens is 3. The number of rotatable bonds is 6. The lowest BCUT2D eigenvalue weighted by molar-refractivity contribution is -0.394. The van der Waals surface area contributed by atoms with E-state index in [1.54, 1.807) is 0 Å². The Balaban J connectivity index is 2.59. The molecule has 1 aromatic heterocycles. The van der Waals surface area contributed by atoms with Crippen LogP contribution in [0.5, 0.6) is 0 Å². The average Bonchev–Trinajstić information content (AvgIpc) is 2.65. The highest BCUT2D eigenvalue weighted by Crippen LogP contribution is 2.11. The van der Waals surface area contributed by atoms with Gasteiger partial charge in [0.2, 0.25) is 6.33 Å². The van der Waals surface area contributed by atoms with Crippen LogP contribution >= 0.6 is 12.6 Å². The van der Waals surface area contributed by atoms with Gasteiger partial charge in [0, 0.05) is 5.10 Å². The molecule has 1 heterocycles. The van der Waals surface area contributed by atoms with E-state index in [0.717, 1.165) is 18.6 Å². The molecule has 0 N–H and O–H groups in total. The first-order valence-electron chi connectivity index (χ1n) is 4.82. The zero-order valence-electron chi connectivity index (χ0n) is 8.54. The van der Waals surface area contributed by atoms with Gasteiger partial charge >= 0.3 is 5.95 Å². The van der Waals surface area contributed by atoms with Gasteiger partial charge < -0.3 is 10.1 Å². The van der Waals surface area contributed by atoms with Crippen LogP contribution in [0.15, 0.2) is 6.33 Å². The molecule has 1 aromatic rings. The van der Waals surface area contributed by atoms with Crippen molar-refractivity contribution in [1.82, 2.24) is 14.8 Å². The van der Waals surface area contributed by atoms with Gasteiger partial charge in [-0.15, -0.1) is 0 Å². The van der Waals surface area contributed by atoms with Crippen molar-refractivity contribution in [3.63, 3.8) is 0 Å². The van der Waals surface area contributed by atoms with E-state index in [1.165, 1.54) is 11.0 Å². The molecule has 0 aromatic carbocycles. The maximum atomic E-state index is 10.3. The fraction of sp³-hybridized carbons (Fsp3) is 0.750. The minimum absolute atomic E-state index is 0.343. The maximum Gasteiger partial charge on any atom is 0.490 e. The maximum absolute atomic E-state index is 10.3. The van der Waals surface area contributed by atoms with Gasteiger partial charge in [0.25, 0.3) is 0 Å². The number of hydrogen-bond donors (Lipinski definition) is 1. The van der Waals surface area contributed by atoms with Crippen molar-refractivity contribution in [2.75, 3.05) is 5.75 Å². The van der Waals surface area contributed by atoms with E-state index in [9.17, 15) is 10.1 Å². The zero-order valence-corrected chi connectivity index (χ0v) is 9.43. The van der Waals surface area contributed by atoms with E-state index in [-0.39, 0.29) is 5.95 Å². The highest BCUT2D eigenvalue weighted by atomic mass is 32.1. The third-order valence-electron chi connectivity index (χ3n) is 2.09. The molecule has 0 amide bonds. The molecule has 0 saturated heterocycles. The summed E-state index contributed by atoms with van der Waals surface area (Å²) < 4.78 is 1.51. The van der Waals surface area contributed by atoms with Gasteiger partial charge in [0.1, 0.15) is 0 Å². The minimum atomic E-state index is -0.591. The molecular weight excluding hydrogens is 216 g/mol. The quantitative estimate of drug-likeness (QED) is 0.457. The Hall–Kier alpha value is -1.11. The number of thiol groups is 1. The largest absolute Gasteiger partial charge is 0.490 e. The summed E-state index contributed by atoms with van der Waals surface area (Å²) in [6.45, 7) is 2.73. The lowest BCUT2D eigenvalue weighted by Crippen LogP contribution is -2.12. The molecule has 6 nitrogen and oxygen atoms in total. The van der Waals surface area contributed by atoms with Crippen molar-refractivity contribution in [3.8, 4) is 0 Å². The van der Waals surface area contributed by atoms with Gasteiger partial charge in [0.05, 0.1) is 6.54 Å². The predicted molar refractivity (Wildman–Crippen MR) is 58.9 cm³/mol. The Morgan fingerprint density at radius 3 is 2.93 bits per heavy atom. The van der Waals surface area contributed by atoms with E-state index < -0.39 is 4.92 Å². The highest BCUT2D eigenvalue weighted by molar-refractivity contribution is 7.80.